The topological polar surface area (TPSA) is 75.3 Å². The number of amides is 1. The number of benzene rings is 2. The predicted molar refractivity (Wildman–Crippen MR) is 81.6 cm³/mol. The maximum absolute atomic E-state index is 13.4. The van der Waals surface area contributed by atoms with Gasteiger partial charge >= 0.3 is 0 Å². The molecule has 2 N–H and O–H groups in total. The number of hydrogen-bond acceptors (Lipinski definition) is 3. The Balaban J connectivity index is 2.03. The number of carbonyl (C=O) groups excluding carboxylic acids is 1. The van der Waals surface area contributed by atoms with Crippen molar-refractivity contribution in [3.63, 3.8) is 0 Å². The summed E-state index contributed by atoms with van der Waals surface area (Å²) in [6.45, 7) is -0.733. The minimum Gasteiger partial charge on any atom is -0.322 e. The lowest BCUT2D eigenvalue weighted by Crippen LogP contribution is -2.33. The lowest BCUT2D eigenvalue weighted by Gasteiger charge is -2.09. The van der Waals surface area contributed by atoms with Crippen LogP contribution in [-0.2, 0) is 14.8 Å². The van der Waals surface area contributed by atoms with Gasteiger partial charge in [-0.15, -0.1) is 0 Å². The molecular weight excluding hydrogens is 369 g/mol. The minimum atomic E-state index is -3.99. The maximum Gasteiger partial charge on any atom is 0.241 e. The van der Waals surface area contributed by atoms with Gasteiger partial charge in [-0.1, -0.05) is 11.6 Å². The maximum atomic E-state index is 13.4. The van der Waals surface area contributed by atoms with Crippen LogP contribution < -0.4 is 10.0 Å². The first kappa shape index (κ1) is 18.2. The molecule has 0 aliphatic heterocycles. The van der Waals surface area contributed by atoms with Crippen LogP contribution in [0.4, 0.5) is 18.9 Å². The SMILES string of the molecule is O=C(CNS(=O)(=O)c1ccc(Cl)cc1)Nc1ccc(F)c(F)c1F. The van der Waals surface area contributed by atoms with Gasteiger partial charge in [-0.2, -0.15) is 0 Å². The van der Waals surface area contributed by atoms with E-state index in [1.165, 1.54) is 24.3 Å². The molecule has 0 spiro atoms. The molecule has 0 bridgehead atoms. The Hall–Kier alpha value is -2.10. The van der Waals surface area contributed by atoms with Crippen LogP contribution in [0.1, 0.15) is 0 Å². The van der Waals surface area contributed by atoms with E-state index in [0.717, 1.165) is 6.07 Å². The molecule has 0 fully saturated rings. The first-order chi connectivity index (χ1) is 11.2. The van der Waals surface area contributed by atoms with Crippen LogP contribution in [0.3, 0.4) is 0 Å². The molecule has 0 aliphatic carbocycles. The summed E-state index contributed by atoms with van der Waals surface area (Å²) in [5, 5.41) is 2.28. The molecule has 0 aromatic heterocycles. The lowest BCUT2D eigenvalue weighted by molar-refractivity contribution is -0.115. The van der Waals surface area contributed by atoms with Gasteiger partial charge in [0.1, 0.15) is 0 Å². The third-order valence-electron chi connectivity index (χ3n) is 2.86. The number of halogens is 4. The quantitative estimate of drug-likeness (QED) is 0.785. The van der Waals surface area contributed by atoms with Crippen molar-refractivity contribution in [2.24, 2.45) is 0 Å². The Kier molecular flexibility index (Phi) is 5.47. The second kappa shape index (κ2) is 7.20. The van der Waals surface area contributed by atoms with Crippen molar-refractivity contribution in [1.82, 2.24) is 4.72 Å². The van der Waals surface area contributed by atoms with Crippen molar-refractivity contribution >= 4 is 33.2 Å². The van der Waals surface area contributed by atoms with Crippen LogP contribution in [0.15, 0.2) is 41.3 Å². The minimum absolute atomic E-state index is 0.126. The summed E-state index contributed by atoms with van der Waals surface area (Å²) in [5.41, 5.74) is -0.607. The van der Waals surface area contributed by atoms with Crippen LogP contribution in [-0.4, -0.2) is 20.9 Å². The van der Waals surface area contributed by atoms with Gasteiger partial charge in [-0.3, -0.25) is 4.79 Å². The van der Waals surface area contributed by atoms with Gasteiger partial charge in [0, 0.05) is 5.02 Å². The number of anilines is 1. The van der Waals surface area contributed by atoms with E-state index in [2.05, 4.69) is 0 Å². The van der Waals surface area contributed by atoms with Crippen molar-refractivity contribution in [2.45, 2.75) is 4.90 Å². The van der Waals surface area contributed by atoms with Crippen molar-refractivity contribution in [2.75, 3.05) is 11.9 Å². The standard InChI is InChI=1S/C14H10ClF3N2O3S/c15-8-1-3-9(4-2-8)24(22,23)19-7-12(21)20-11-6-5-10(16)13(17)14(11)18/h1-6,19H,7H2,(H,20,21). The Morgan fingerprint density at radius 2 is 1.62 bits per heavy atom. The highest BCUT2D eigenvalue weighted by atomic mass is 35.5. The highest BCUT2D eigenvalue weighted by Crippen LogP contribution is 2.19. The van der Waals surface area contributed by atoms with E-state index in [1.54, 1.807) is 0 Å². The van der Waals surface area contributed by atoms with Gasteiger partial charge < -0.3 is 5.32 Å². The Bertz CT molecular complexity index is 874. The fourth-order valence-electron chi connectivity index (χ4n) is 1.67. The number of rotatable bonds is 5. The molecule has 2 aromatic carbocycles. The number of carbonyl (C=O) groups is 1. The summed E-state index contributed by atoms with van der Waals surface area (Å²) in [7, 11) is -3.99. The normalized spacial score (nSPS) is 11.3. The van der Waals surface area contributed by atoms with Crippen LogP contribution in [0, 0.1) is 17.5 Å². The molecule has 10 heteroatoms. The molecule has 2 aromatic rings. The first-order valence-corrected chi connectivity index (χ1v) is 8.25. The second-order valence-corrected chi connectivity index (χ2v) is 6.75. The molecule has 2 rings (SSSR count). The van der Waals surface area contributed by atoms with Crippen molar-refractivity contribution in [1.29, 1.82) is 0 Å². The molecule has 24 heavy (non-hydrogen) atoms. The fraction of sp³-hybridized carbons (Fsp3) is 0.0714. The fourth-order valence-corrected chi connectivity index (χ4v) is 2.78. The monoisotopic (exact) mass is 378 g/mol. The predicted octanol–water partition coefficient (Wildman–Crippen LogP) is 2.67. The molecule has 0 radical (unpaired) electrons. The molecule has 5 nitrogen and oxygen atoms in total. The van der Waals surface area contributed by atoms with Gasteiger partial charge in [0.15, 0.2) is 17.5 Å². The Morgan fingerprint density at radius 1 is 1.00 bits per heavy atom. The summed E-state index contributed by atoms with van der Waals surface area (Å²) in [6.07, 6.45) is 0. The van der Waals surface area contributed by atoms with Gasteiger partial charge in [0.2, 0.25) is 15.9 Å². The average Bonchev–Trinajstić information content (AvgIpc) is 2.54. The van der Waals surface area contributed by atoms with Gasteiger partial charge in [0.05, 0.1) is 17.1 Å². The molecule has 1 amide bonds. The number of hydrogen-bond donors (Lipinski definition) is 2. The van der Waals surface area contributed by atoms with Crippen molar-refractivity contribution < 1.29 is 26.4 Å². The largest absolute Gasteiger partial charge is 0.322 e. The second-order valence-electron chi connectivity index (χ2n) is 4.55. The Labute approximate surface area is 140 Å². The smallest absolute Gasteiger partial charge is 0.241 e. The molecule has 0 atom stereocenters. The third kappa shape index (κ3) is 4.25. The molecule has 0 saturated carbocycles. The van der Waals surface area contributed by atoms with Crippen molar-refractivity contribution in [3.8, 4) is 0 Å². The van der Waals surface area contributed by atoms with E-state index in [4.69, 9.17) is 11.6 Å². The first-order valence-electron chi connectivity index (χ1n) is 6.39. The van der Waals surface area contributed by atoms with E-state index in [1.807, 2.05) is 10.0 Å². The zero-order valence-electron chi connectivity index (χ0n) is 11.8. The molecule has 128 valence electrons. The molecule has 0 aliphatic rings. The van der Waals surface area contributed by atoms with Crippen LogP contribution in [0.2, 0.25) is 5.02 Å². The lowest BCUT2D eigenvalue weighted by atomic mass is 10.3. The molecule has 0 unspecified atom stereocenters. The average molecular weight is 379 g/mol. The van der Waals surface area contributed by atoms with Crippen LogP contribution in [0.25, 0.3) is 0 Å². The summed E-state index contributed by atoms with van der Waals surface area (Å²) >= 11 is 5.65. The van der Waals surface area contributed by atoms with Crippen molar-refractivity contribution in [3.05, 3.63) is 58.9 Å². The molecule has 0 heterocycles. The van der Waals surface area contributed by atoms with Gasteiger partial charge in [-0.25, -0.2) is 26.3 Å². The van der Waals surface area contributed by atoms with E-state index >= 15 is 0 Å². The highest BCUT2D eigenvalue weighted by Gasteiger charge is 2.18. The summed E-state index contributed by atoms with van der Waals surface area (Å²) < 4.78 is 65.1. The zero-order chi connectivity index (χ0) is 17.9. The third-order valence-corrected chi connectivity index (χ3v) is 4.53. The Morgan fingerprint density at radius 3 is 2.25 bits per heavy atom. The van der Waals surface area contributed by atoms with E-state index in [9.17, 15) is 26.4 Å². The molecule has 0 saturated heterocycles. The van der Waals surface area contributed by atoms with Crippen LogP contribution >= 0.6 is 11.6 Å². The van der Waals surface area contributed by atoms with E-state index in [-0.39, 0.29) is 4.90 Å². The number of sulfonamides is 1. The van der Waals surface area contributed by atoms with Gasteiger partial charge in [-0.05, 0) is 36.4 Å². The molecular formula is C14H10ClF3N2O3S. The summed E-state index contributed by atoms with van der Waals surface area (Å²) in [4.78, 5) is 11.5. The van der Waals surface area contributed by atoms with E-state index in [0.29, 0.717) is 11.1 Å². The zero-order valence-corrected chi connectivity index (χ0v) is 13.4. The highest BCUT2D eigenvalue weighted by molar-refractivity contribution is 7.89. The number of nitrogens with one attached hydrogen (secondary N) is 2. The summed E-state index contributed by atoms with van der Waals surface area (Å²) in [5.74, 6) is -5.69. The van der Waals surface area contributed by atoms with Crippen LogP contribution in [0.5, 0.6) is 0 Å². The van der Waals surface area contributed by atoms with Gasteiger partial charge in [0.25, 0.3) is 0 Å². The van der Waals surface area contributed by atoms with E-state index < -0.39 is 45.6 Å². The summed E-state index contributed by atoms with van der Waals surface area (Å²) in [6, 6.07) is 6.63.